The molecule has 6 heteroatoms. The van der Waals surface area contributed by atoms with E-state index in [9.17, 15) is 9.59 Å². The number of nitrogens with one attached hydrogen (secondary N) is 1. The molecule has 0 bridgehead atoms. The van der Waals surface area contributed by atoms with Crippen LogP contribution in [0.3, 0.4) is 0 Å². The van der Waals surface area contributed by atoms with E-state index in [4.69, 9.17) is 28.3 Å². The third-order valence-electron chi connectivity index (χ3n) is 2.78. The lowest BCUT2D eigenvalue weighted by Crippen LogP contribution is -2.08. The van der Waals surface area contributed by atoms with E-state index in [0.717, 1.165) is 0 Å². The monoisotopic (exact) mass is 335 g/mol. The molecule has 0 heterocycles. The summed E-state index contributed by atoms with van der Waals surface area (Å²) in [6, 6.07) is 10.8. The molecular weight excluding hydrogens is 325 g/mol. The van der Waals surface area contributed by atoms with Crippen LogP contribution < -0.4 is 5.32 Å². The fraction of sp³-hybridized carbons (Fsp3) is 0. The lowest BCUT2D eigenvalue weighted by atomic mass is 10.2. The molecule has 0 atom stereocenters. The molecule has 0 saturated carbocycles. The van der Waals surface area contributed by atoms with Crippen LogP contribution in [0.15, 0.2) is 48.5 Å². The molecule has 0 aliphatic carbocycles. The van der Waals surface area contributed by atoms with E-state index in [2.05, 4.69) is 5.32 Å². The topological polar surface area (TPSA) is 66.4 Å². The molecule has 0 fully saturated rings. The number of benzene rings is 2. The van der Waals surface area contributed by atoms with Gasteiger partial charge in [-0.15, -0.1) is 0 Å². The van der Waals surface area contributed by atoms with E-state index in [-0.39, 0.29) is 11.5 Å². The van der Waals surface area contributed by atoms with E-state index < -0.39 is 5.97 Å². The predicted octanol–water partition coefficient (Wildman–Crippen LogP) is 4.34. The van der Waals surface area contributed by atoms with Crippen molar-refractivity contribution in [3.05, 3.63) is 69.7 Å². The van der Waals surface area contributed by atoms with Crippen LogP contribution >= 0.6 is 23.2 Å². The second-order valence-corrected chi connectivity index (χ2v) is 5.21. The standard InChI is InChI=1S/C16H11Cl2NO3/c17-12-5-1-10(14(18)9-12)4-8-15(20)19-13-6-2-11(3-7-13)16(21)22/h1-9H,(H,19,20)(H,21,22)/b8-4+. The molecule has 0 aliphatic rings. The lowest BCUT2D eigenvalue weighted by Gasteiger charge is -2.03. The highest BCUT2D eigenvalue weighted by atomic mass is 35.5. The number of amides is 1. The molecule has 22 heavy (non-hydrogen) atoms. The summed E-state index contributed by atoms with van der Waals surface area (Å²) in [4.78, 5) is 22.5. The van der Waals surface area contributed by atoms with Gasteiger partial charge in [-0.2, -0.15) is 0 Å². The summed E-state index contributed by atoms with van der Waals surface area (Å²) in [5.74, 6) is -1.37. The van der Waals surface area contributed by atoms with Gasteiger partial charge in [-0.3, -0.25) is 4.79 Å². The molecule has 2 aromatic rings. The van der Waals surface area contributed by atoms with Crippen LogP contribution in [-0.4, -0.2) is 17.0 Å². The number of rotatable bonds is 4. The largest absolute Gasteiger partial charge is 0.478 e. The van der Waals surface area contributed by atoms with Crippen molar-refractivity contribution in [3.63, 3.8) is 0 Å². The number of aromatic carboxylic acids is 1. The van der Waals surface area contributed by atoms with Crippen molar-refractivity contribution in [3.8, 4) is 0 Å². The maximum atomic E-state index is 11.8. The fourth-order valence-electron chi connectivity index (χ4n) is 1.68. The Hall–Kier alpha value is -2.30. The molecular formula is C16H11Cl2NO3. The first-order chi connectivity index (χ1) is 10.5. The number of carbonyl (C=O) groups is 2. The average Bonchev–Trinajstić information content (AvgIpc) is 2.47. The van der Waals surface area contributed by atoms with Crippen molar-refractivity contribution in [1.82, 2.24) is 0 Å². The van der Waals surface area contributed by atoms with E-state index >= 15 is 0 Å². The molecule has 4 nitrogen and oxygen atoms in total. The molecule has 0 radical (unpaired) electrons. The van der Waals surface area contributed by atoms with Gasteiger partial charge >= 0.3 is 5.97 Å². The maximum Gasteiger partial charge on any atom is 0.335 e. The zero-order valence-electron chi connectivity index (χ0n) is 11.2. The first-order valence-electron chi connectivity index (χ1n) is 6.23. The minimum absolute atomic E-state index is 0.154. The third-order valence-corrected chi connectivity index (χ3v) is 3.34. The lowest BCUT2D eigenvalue weighted by molar-refractivity contribution is -0.111. The highest BCUT2D eigenvalue weighted by molar-refractivity contribution is 6.35. The zero-order chi connectivity index (χ0) is 16.1. The first-order valence-corrected chi connectivity index (χ1v) is 6.99. The molecule has 0 saturated heterocycles. The van der Waals surface area contributed by atoms with Gasteiger partial charge in [0.05, 0.1) is 5.56 Å². The number of anilines is 1. The molecule has 112 valence electrons. The smallest absolute Gasteiger partial charge is 0.335 e. The zero-order valence-corrected chi connectivity index (χ0v) is 12.7. The van der Waals surface area contributed by atoms with Gasteiger partial charge in [0, 0.05) is 21.8 Å². The van der Waals surface area contributed by atoms with Crippen molar-refractivity contribution in [1.29, 1.82) is 0 Å². The molecule has 0 aliphatic heterocycles. The van der Waals surface area contributed by atoms with Gasteiger partial charge in [0.25, 0.3) is 0 Å². The molecule has 0 spiro atoms. The molecule has 2 N–H and O–H groups in total. The highest BCUT2D eigenvalue weighted by Gasteiger charge is 2.03. The Kier molecular flexibility index (Phi) is 5.20. The van der Waals surface area contributed by atoms with E-state index in [0.29, 0.717) is 21.3 Å². The summed E-state index contributed by atoms with van der Waals surface area (Å²) >= 11 is 11.8. The molecule has 2 aromatic carbocycles. The summed E-state index contributed by atoms with van der Waals surface area (Å²) in [5.41, 5.74) is 1.32. The molecule has 0 aromatic heterocycles. The van der Waals surface area contributed by atoms with Crippen molar-refractivity contribution < 1.29 is 14.7 Å². The SMILES string of the molecule is O=C(/C=C/c1ccc(Cl)cc1Cl)Nc1ccc(C(=O)O)cc1. The Morgan fingerprint density at radius 1 is 1.05 bits per heavy atom. The van der Waals surface area contributed by atoms with Crippen molar-refractivity contribution in [2.24, 2.45) is 0 Å². The van der Waals surface area contributed by atoms with Crippen LogP contribution in [0.25, 0.3) is 6.08 Å². The number of carbonyl (C=O) groups excluding carboxylic acids is 1. The van der Waals surface area contributed by atoms with Crippen LogP contribution in [0.4, 0.5) is 5.69 Å². The minimum atomic E-state index is -1.02. The van der Waals surface area contributed by atoms with Gasteiger partial charge in [0.2, 0.25) is 5.91 Å². The predicted molar refractivity (Wildman–Crippen MR) is 87.5 cm³/mol. The molecule has 1 amide bonds. The first kappa shape index (κ1) is 16.1. The average molecular weight is 336 g/mol. The Morgan fingerprint density at radius 3 is 2.32 bits per heavy atom. The van der Waals surface area contributed by atoms with E-state index in [1.54, 1.807) is 24.3 Å². The van der Waals surface area contributed by atoms with Gasteiger partial charge in [-0.1, -0.05) is 29.3 Å². The number of halogens is 2. The summed E-state index contributed by atoms with van der Waals surface area (Å²) in [5, 5.41) is 12.4. The number of carboxylic acid groups (broad SMARTS) is 1. The number of hydrogen-bond donors (Lipinski definition) is 2. The number of hydrogen-bond acceptors (Lipinski definition) is 2. The van der Waals surface area contributed by atoms with Crippen LogP contribution in [0.2, 0.25) is 10.0 Å². The number of carboxylic acids is 1. The quantitative estimate of drug-likeness (QED) is 0.816. The van der Waals surface area contributed by atoms with Crippen molar-refractivity contribution in [2.45, 2.75) is 0 Å². The fourth-order valence-corrected chi connectivity index (χ4v) is 2.15. The Balaban J connectivity index is 2.03. The second-order valence-electron chi connectivity index (χ2n) is 4.37. The summed E-state index contributed by atoms with van der Waals surface area (Å²) in [6.45, 7) is 0. The normalized spacial score (nSPS) is 10.6. The summed E-state index contributed by atoms with van der Waals surface area (Å²) < 4.78 is 0. The Bertz CT molecular complexity index is 740. The van der Waals surface area contributed by atoms with Crippen molar-refractivity contribution >= 4 is 46.8 Å². The van der Waals surface area contributed by atoms with Crippen LogP contribution in [0.5, 0.6) is 0 Å². The van der Waals surface area contributed by atoms with Gasteiger partial charge in [0.1, 0.15) is 0 Å². The minimum Gasteiger partial charge on any atom is -0.478 e. The van der Waals surface area contributed by atoms with Gasteiger partial charge in [-0.25, -0.2) is 4.79 Å². The summed E-state index contributed by atoms with van der Waals surface area (Å²) in [6.07, 6.45) is 2.90. The Morgan fingerprint density at radius 2 is 1.73 bits per heavy atom. The van der Waals surface area contributed by atoms with E-state index in [1.807, 2.05) is 0 Å². The van der Waals surface area contributed by atoms with Gasteiger partial charge in [0.15, 0.2) is 0 Å². The second kappa shape index (κ2) is 7.11. The van der Waals surface area contributed by atoms with Crippen LogP contribution in [-0.2, 0) is 4.79 Å². The van der Waals surface area contributed by atoms with Crippen LogP contribution in [0.1, 0.15) is 15.9 Å². The third kappa shape index (κ3) is 4.35. The maximum absolute atomic E-state index is 11.8. The summed E-state index contributed by atoms with van der Waals surface area (Å²) in [7, 11) is 0. The highest BCUT2D eigenvalue weighted by Crippen LogP contribution is 2.22. The van der Waals surface area contributed by atoms with Crippen LogP contribution in [0, 0.1) is 0 Å². The van der Waals surface area contributed by atoms with Gasteiger partial charge in [-0.05, 0) is 48.0 Å². The Labute approximate surface area is 137 Å². The molecule has 0 unspecified atom stereocenters. The van der Waals surface area contributed by atoms with Gasteiger partial charge < -0.3 is 10.4 Å². The van der Waals surface area contributed by atoms with Crippen molar-refractivity contribution in [2.75, 3.05) is 5.32 Å². The molecule has 2 rings (SSSR count). The van der Waals surface area contributed by atoms with E-state index in [1.165, 1.54) is 30.3 Å².